The van der Waals surface area contributed by atoms with E-state index in [9.17, 15) is 14.5 Å². The molecular formula is C15H16NO6P. The van der Waals surface area contributed by atoms with Gasteiger partial charge in [-0.05, 0) is 17.7 Å². The van der Waals surface area contributed by atoms with Crippen LogP contribution in [-0.2, 0) is 4.57 Å². The third-order valence-electron chi connectivity index (χ3n) is 3.03. The highest BCUT2D eigenvalue weighted by atomic mass is 31.2. The summed E-state index contributed by atoms with van der Waals surface area (Å²) in [4.78, 5) is 31.4. The first kappa shape index (κ1) is 17.0. The lowest BCUT2D eigenvalue weighted by molar-refractivity contribution is 0.0827. The van der Waals surface area contributed by atoms with Gasteiger partial charge >= 0.3 is 7.82 Å². The minimum atomic E-state index is -4.88. The summed E-state index contributed by atoms with van der Waals surface area (Å²) in [5.74, 6) is -1.29. The van der Waals surface area contributed by atoms with Crippen LogP contribution in [0.2, 0.25) is 0 Å². The Morgan fingerprint density at radius 2 is 1.74 bits per heavy atom. The number of phenols is 1. The van der Waals surface area contributed by atoms with Gasteiger partial charge in [0.25, 0.3) is 5.91 Å². The Hall–Kier alpha value is -2.34. The second-order valence-electron chi connectivity index (χ2n) is 5.02. The number of amides is 1. The van der Waals surface area contributed by atoms with Crippen LogP contribution in [0.15, 0.2) is 42.5 Å². The van der Waals surface area contributed by atoms with Crippen LogP contribution in [0.25, 0.3) is 11.1 Å². The van der Waals surface area contributed by atoms with Gasteiger partial charge in [-0.1, -0.05) is 30.3 Å². The maximum atomic E-state index is 12.2. The van der Waals surface area contributed by atoms with Gasteiger partial charge in [0.2, 0.25) is 0 Å². The van der Waals surface area contributed by atoms with E-state index >= 15 is 0 Å². The van der Waals surface area contributed by atoms with E-state index in [2.05, 4.69) is 4.52 Å². The quantitative estimate of drug-likeness (QED) is 0.739. The van der Waals surface area contributed by atoms with Crippen LogP contribution in [0.4, 0.5) is 0 Å². The summed E-state index contributed by atoms with van der Waals surface area (Å²) in [5.41, 5.74) is 0.950. The predicted molar refractivity (Wildman–Crippen MR) is 84.2 cm³/mol. The Kier molecular flexibility index (Phi) is 4.75. The van der Waals surface area contributed by atoms with E-state index < -0.39 is 25.2 Å². The van der Waals surface area contributed by atoms with Gasteiger partial charge in [-0.15, -0.1) is 0 Å². The van der Waals surface area contributed by atoms with Crippen molar-refractivity contribution in [3.05, 3.63) is 48.0 Å². The summed E-state index contributed by atoms with van der Waals surface area (Å²) in [6.45, 7) is 0. The number of benzene rings is 2. The standard InChI is InChI=1S/C15H16NO6P/c1-16(2)15(18)11-8-12(10-6-4-3-5-7-10)14(17)13(9-11)22-23(19,20)21/h3-9,17H,1-2H3,(H2,19,20,21). The first-order valence-corrected chi connectivity index (χ1v) is 8.11. The smallest absolute Gasteiger partial charge is 0.504 e. The van der Waals surface area contributed by atoms with Gasteiger partial charge in [0.15, 0.2) is 11.5 Å². The van der Waals surface area contributed by atoms with E-state index in [0.717, 1.165) is 6.07 Å². The molecule has 8 heteroatoms. The molecule has 1 amide bonds. The van der Waals surface area contributed by atoms with Gasteiger partial charge < -0.3 is 14.5 Å². The average molecular weight is 337 g/mol. The number of hydrogen-bond acceptors (Lipinski definition) is 4. The average Bonchev–Trinajstić information content (AvgIpc) is 2.48. The van der Waals surface area contributed by atoms with E-state index in [-0.39, 0.29) is 11.1 Å². The predicted octanol–water partition coefficient (Wildman–Crippen LogP) is 2.23. The number of aromatic hydroxyl groups is 1. The normalized spacial score (nSPS) is 11.1. The van der Waals surface area contributed by atoms with E-state index in [1.54, 1.807) is 44.4 Å². The van der Waals surface area contributed by atoms with Crippen molar-refractivity contribution in [2.75, 3.05) is 14.1 Å². The SMILES string of the molecule is CN(C)C(=O)c1cc(OP(=O)(O)O)c(O)c(-c2ccccc2)c1. The van der Waals surface area contributed by atoms with Gasteiger partial charge in [-0.3, -0.25) is 14.6 Å². The van der Waals surface area contributed by atoms with Gasteiger partial charge in [-0.2, -0.15) is 0 Å². The number of phosphoric ester groups is 1. The van der Waals surface area contributed by atoms with Crippen LogP contribution in [0.3, 0.4) is 0 Å². The topological polar surface area (TPSA) is 107 Å². The van der Waals surface area contributed by atoms with Crippen molar-refractivity contribution in [3.8, 4) is 22.6 Å². The van der Waals surface area contributed by atoms with Crippen molar-refractivity contribution < 1.29 is 28.8 Å². The van der Waals surface area contributed by atoms with Gasteiger partial charge in [0.05, 0.1) is 0 Å². The molecule has 2 rings (SSSR count). The largest absolute Gasteiger partial charge is 0.524 e. The van der Waals surface area contributed by atoms with Crippen molar-refractivity contribution in [2.45, 2.75) is 0 Å². The van der Waals surface area contributed by atoms with Crippen molar-refractivity contribution in [3.63, 3.8) is 0 Å². The zero-order chi connectivity index (χ0) is 17.2. The van der Waals surface area contributed by atoms with Crippen molar-refractivity contribution in [1.82, 2.24) is 4.90 Å². The number of phosphoric acid groups is 1. The molecule has 2 aromatic carbocycles. The zero-order valence-electron chi connectivity index (χ0n) is 12.5. The Labute approximate surface area is 133 Å². The molecule has 0 fully saturated rings. The van der Waals surface area contributed by atoms with Crippen molar-refractivity contribution >= 4 is 13.7 Å². The lowest BCUT2D eigenvalue weighted by atomic mass is 10.0. The molecule has 0 saturated carbocycles. The minimum Gasteiger partial charge on any atom is -0.504 e. The first-order valence-electron chi connectivity index (χ1n) is 6.58. The van der Waals surface area contributed by atoms with Crippen LogP contribution >= 0.6 is 7.82 Å². The highest BCUT2D eigenvalue weighted by Crippen LogP contribution is 2.46. The zero-order valence-corrected chi connectivity index (χ0v) is 13.4. The number of carbonyl (C=O) groups is 1. The van der Waals surface area contributed by atoms with Crippen LogP contribution in [0, 0.1) is 0 Å². The van der Waals surface area contributed by atoms with Crippen LogP contribution < -0.4 is 4.52 Å². The maximum Gasteiger partial charge on any atom is 0.524 e. The molecule has 0 bridgehead atoms. The Bertz CT molecular complexity index is 769. The minimum absolute atomic E-state index is 0.134. The van der Waals surface area contributed by atoms with Crippen LogP contribution in [-0.4, -0.2) is 39.8 Å². The summed E-state index contributed by atoms with van der Waals surface area (Å²) >= 11 is 0. The molecule has 0 unspecified atom stereocenters. The Morgan fingerprint density at radius 1 is 1.13 bits per heavy atom. The van der Waals surface area contributed by atoms with E-state index in [1.807, 2.05) is 0 Å². The molecule has 0 atom stereocenters. The fraction of sp³-hybridized carbons (Fsp3) is 0.133. The lowest BCUT2D eigenvalue weighted by Gasteiger charge is -2.16. The summed E-state index contributed by atoms with van der Waals surface area (Å²) in [7, 11) is -1.80. The van der Waals surface area contributed by atoms with Gasteiger partial charge in [0, 0.05) is 25.2 Å². The molecule has 0 aliphatic rings. The molecule has 23 heavy (non-hydrogen) atoms. The van der Waals surface area contributed by atoms with E-state index in [1.165, 1.54) is 11.0 Å². The third-order valence-corrected chi connectivity index (χ3v) is 3.46. The highest BCUT2D eigenvalue weighted by molar-refractivity contribution is 7.46. The second kappa shape index (κ2) is 6.42. The first-order chi connectivity index (χ1) is 10.7. The summed E-state index contributed by atoms with van der Waals surface area (Å²) < 4.78 is 15.6. The number of carbonyl (C=O) groups excluding carboxylic acids is 1. The summed E-state index contributed by atoms with van der Waals surface area (Å²) in [6.07, 6.45) is 0. The summed E-state index contributed by atoms with van der Waals surface area (Å²) in [6, 6.07) is 11.2. The molecule has 0 aromatic heterocycles. The molecule has 0 radical (unpaired) electrons. The lowest BCUT2D eigenvalue weighted by Crippen LogP contribution is -2.21. The number of nitrogens with zero attached hydrogens (tertiary/aromatic N) is 1. The molecule has 0 heterocycles. The summed E-state index contributed by atoms with van der Waals surface area (Å²) in [5, 5.41) is 10.3. The second-order valence-corrected chi connectivity index (χ2v) is 6.18. The molecule has 0 spiro atoms. The molecule has 0 aliphatic heterocycles. The molecule has 7 nitrogen and oxygen atoms in total. The van der Waals surface area contributed by atoms with Crippen LogP contribution in [0.5, 0.6) is 11.5 Å². The number of phenolic OH excluding ortho intramolecular Hbond substituents is 1. The molecule has 3 N–H and O–H groups in total. The molecular weight excluding hydrogens is 321 g/mol. The molecule has 2 aromatic rings. The Balaban J connectivity index is 2.65. The van der Waals surface area contributed by atoms with Crippen molar-refractivity contribution in [2.24, 2.45) is 0 Å². The molecule has 0 aliphatic carbocycles. The number of hydrogen-bond donors (Lipinski definition) is 3. The van der Waals surface area contributed by atoms with Crippen molar-refractivity contribution in [1.29, 1.82) is 0 Å². The highest BCUT2D eigenvalue weighted by Gasteiger charge is 2.23. The van der Waals surface area contributed by atoms with Gasteiger partial charge in [0.1, 0.15) is 0 Å². The fourth-order valence-corrected chi connectivity index (χ4v) is 2.42. The third kappa shape index (κ3) is 4.10. The monoisotopic (exact) mass is 337 g/mol. The molecule has 0 saturated heterocycles. The van der Waals surface area contributed by atoms with Crippen LogP contribution in [0.1, 0.15) is 10.4 Å². The fourth-order valence-electron chi connectivity index (χ4n) is 2.02. The molecule has 122 valence electrons. The van der Waals surface area contributed by atoms with E-state index in [0.29, 0.717) is 5.56 Å². The number of rotatable bonds is 4. The van der Waals surface area contributed by atoms with E-state index in [4.69, 9.17) is 9.79 Å². The van der Waals surface area contributed by atoms with Gasteiger partial charge in [-0.25, -0.2) is 4.57 Å². The maximum absolute atomic E-state index is 12.2. The Morgan fingerprint density at radius 3 is 2.26 bits per heavy atom.